The van der Waals surface area contributed by atoms with Crippen LogP contribution in [0.4, 0.5) is 5.82 Å². The van der Waals surface area contributed by atoms with E-state index in [9.17, 15) is 0 Å². The quantitative estimate of drug-likeness (QED) is 0.801. The Morgan fingerprint density at radius 3 is 2.50 bits per heavy atom. The molecule has 0 fully saturated rings. The van der Waals surface area contributed by atoms with Crippen molar-refractivity contribution in [1.29, 1.82) is 0 Å². The van der Waals surface area contributed by atoms with Gasteiger partial charge < -0.3 is 5.73 Å². The SMILES string of the molecule is CCSc1ccc(-c2[nH]nc(N)c2C)cc1. The zero-order valence-corrected chi connectivity index (χ0v) is 10.3. The summed E-state index contributed by atoms with van der Waals surface area (Å²) in [5.74, 6) is 1.66. The van der Waals surface area contributed by atoms with Gasteiger partial charge in [-0.2, -0.15) is 5.10 Å². The van der Waals surface area contributed by atoms with Gasteiger partial charge in [0.15, 0.2) is 0 Å². The molecule has 1 aromatic heterocycles. The van der Waals surface area contributed by atoms with Gasteiger partial charge in [-0.05, 0) is 30.4 Å². The number of rotatable bonds is 3. The molecule has 3 N–H and O–H groups in total. The number of nitrogens with zero attached hydrogens (tertiary/aromatic N) is 1. The maximum Gasteiger partial charge on any atom is 0.148 e. The first-order valence-electron chi connectivity index (χ1n) is 5.26. The Kier molecular flexibility index (Phi) is 3.19. The van der Waals surface area contributed by atoms with E-state index in [0.717, 1.165) is 22.6 Å². The highest BCUT2D eigenvalue weighted by molar-refractivity contribution is 7.99. The van der Waals surface area contributed by atoms with E-state index < -0.39 is 0 Å². The molecule has 1 heterocycles. The van der Waals surface area contributed by atoms with Crippen LogP contribution < -0.4 is 5.73 Å². The number of anilines is 1. The lowest BCUT2D eigenvalue weighted by Gasteiger charge is -2.02. The van der Waals surface area contributed by atoms with Crippen LogP contribution in [0.5, 0.6) is 0 Å². The number of nitrogen functional groups attached to an aromatic ring is 1. The Morgan fingerprint density at radius 1 is 1.31 bits per heavy atom. The Bertz CT molecular complexity index is 474. The zero-order valence-electron chi connectivity index (χ0n) is 9.45. The summed E-state index contributed by atoms with van der Waals surface area (Å²) in [6.45, 7) is 4.13. The molecule has 2 rings (SSSR count). The third-order valence-corrected chi connectivity index (χ3v) is 3.40. The number of nitrogens with two attached hydrogens (primary N) is 1. The van der Waals surface area contributed by atoms with Crippen molar-refractivity contribution in [3.8, 4) is 11.3 Å². The van der Waals surface area contributed by atoms with E-state index >= 15 is 0 Å². The first kappa shape index (κ1) is 11.1. The molecule has 0 unspecified atom stereocenters. The predicted molar refractivity (Wildman–Crippen MR) is 69.6 cm³/mol. The van der Waals surface area contributed by atoms with Crippen molar-refractivity contribution in [3.05, 3.63) is 29.8 Å². The van der Waals surface area contributed by atoms with Crippen LogP contribution in [0.3, 0.4) is 0 Å². The van der Waals surface area contributed by atoms with E-state index in [2.05, 4.69) is 41.4 Å². The summed E-state index contributed by atoms with van der Waals surface area (Å²) in [4.78, 5) is 1.29. The van der Waals surface area contributed by atoms with E-state index in [1.54, 1.807) is 0 Å². The summed E-state index contributed by atoms with van der Waals surface area (Å²) in [5, 5.41) is 6.96. The first-order chi connectivity index (χ1) is 7.72. The van der Waals surface area contributed by atoms with Crippen molar-refractivity contribution in [3.63, 3.8) is 0 Å². The van der Waals surface area contributed by atoms with Crippen LogP contribution in [0, 0.1) is 6.92 Å². The van der Waals surface area contributed by atoms with Crippen LogP contribution in [0.15, 0.2) is 29.2 Å². The summed E-state index contributed by atoms with van der Waals surface area (Å²) >= 11 is 1.84. The molecule has 4 heteroatoms. The molecule has 0 spiro atoms. The maximum absolute atomic E-state index is 5.71. The largest absolute Gasteiger partial charge is 0.382 e. The van der Waals surface area contributed by atoms with Crippen LogP contribution in [0.2, 0.25) is 0 Å². The number of hydrogen-bond donors (Lipinski definition) is 2. The standard InChI is InChI=1S/C12H15N3S/c1-3-16-10-6-4-9(5-7-10)11-8(2)12(13)15-14-11/h4-7H,3H2,1-2H3,(H3,13,14,15). The number of H-pyrrole nitrogens is 1. The van der Waals surface area contributed by atoms with Crippen LogP contribution in [0.1, 0.15) is 12.5 Å². The highest BCUT2D eigenvalue weighted by Crippen LogP contribution is 2.26. The number of benzene rings is 1. The smallest absolute Gasteiger partial charge is 0.148 e. The molecule has 0 saturated carbocycles. The Labute approximate surface area is 99.4 Å². The maximum atomic E-state index is 5.71. The van der Waals surface area contributed by atoms with Gasteiger partial charge in [0.25, 0.3) is 0 Å². The molecule has 0 bridgehead atoms. The summed E-state index contributed by atoms with van der Waals surface area (Å²) in [7, 11) is 0. The van der Waals surface area contributed by atoms with Crippen molar-refractivity contribution in [1.82, 2.24) is 10.2 Å². The van der Waals surface area contributed by atoms with Crippen molar-refractivity contribution < 1.29 is 0 Å². The van der Waals surface area contributed by atoms with Gasteiger partial charge in [-0.3, -0.25) is 5.10 Å². The van der Waals surface area contributed by atoms with Gasteiger partial charge >= 0.3 is 0 Å². The molecule has 0 aliphatic rings. The lowest BCUT2D eigenvalue weighted by molar-refractivity contribution is 1.10. The van der Waals surface area contributed by atoms with Crippen molar-refractivity contribution in [2.45, 2.75) is 18.7 Å². The van der Waals surface area contributed by atoms with Gasteiger partial charge in [-0.15, -0.1) is 11.8 Å². The van der Waals surface area contributed by atoms with Crippen LogP contribution >= 0.6 is 11.8 Å². The van der Waals surface area contributed by atoms with Crippen molar-refractivity contribution >= 4 is 17.6 Å². The highest BCUT2D eigenvalue weighted by atomic mass is 32.2. The molecule has 16 heavy (non-hydrogen) atoms. The number of hydrogen-bond acceptors (Lipinski definition) is 3. The number of nitrogens with one attached hydrogen (secondary N) is 1. The molecule has 1 aromatic carbocycles. The van der Waals surface area contributed by atoms with Gasteiger partial charge in [0.1, 0.15) is 5.82 Å². The second kappa shape index (κ2) is 4.61. The molecule has 2 aromatic rings. The second-order valence-electron chi connectivity index (χ2n) is 3.57. The molecule has 0 aliphatic carbocycles. The lowest BCUT2D eigenvalue weighted by atomic mass is 10.1. The number of aromatic amines is 1. The fraction of sp³-hybridized carbons (Fsp3) is 0.250. The normalized spacial score (nSPS) is 10.6. The zero-order chi connectivity index (χ0) is 11.5. The second-order valence-corrected chi connectivity index (χ2v) is 4.90. The summed E-state index contributed by atoms with van der Waals surface area (Å²) in [6.07, 6.45) is 0. The topological polar surface area (TPSA) is 54.7 Å². The lowest BCUT2D eigenvalue weighted by Crippen LogP contribution is -1.86. The van der Waals surface area contributed by atoms with Crippen LogP contribution in [0.25, 0.3) is 11.3 Å². The molecule has 0 radical (unpaired) electrons. The molecular formula is C12H15N3S. The van der Waals surface area contributed by atoms with Gasteiger partial charge in [-0.25, -0.2) is 0 Å². The average Bonchev–Trinajstić information content (AvgIpc) is 2.62. The molecule has 0 saturated heterocycles. The van der Waals surface area contributed by atoms with Crippen molar-refractivity contribution in [2.75, 3.05) is 11.5 Å². The first-order valence-corrected chi connectivity index (χ1v) is 6.24. The van der Waals surface area contributed by atoms with Gasteiger partial charge in [-0.1, -0.05) is 19.1 Å². The third-order valence-electron chi connectivity index (χ3n) is 2.50. The molecule has 3 nitrogen and oxygen atoms in total. The fourth-order valence-corrected chi connectivity index (χ4v) is 2.24. The number of thioether (sulfide) groups is 1. The summed E-state index contributed by atoms with van der Waals surface area (Å²) in [6, 6.07) is 8.44. The average molecular weight is 233 g/mol. The van der Waals surface area contributed by atoms with Crippen LogP contribution in [-0.4, -0.2) is 16.0 Å². The molecule has 0 atom stereocenters. The molecule has 84 valence electrons. The van der Waals surface area contributed by atoms with Gasteiger partial charge in [0, 0.05) is 10.5 Å². The van der Waals surface area contributed by atoms with E-state index in [0.29, 0.717) is 5.82 Å². The van der Waals surface area contributed by atoms with E-state index in [1.807, 2.05) is 18.7 Å². The molecule has 0 aliphatic heterocycles. The van der Waals surface area contributed by atoms with E-state index in [-0.39, 0.29) is 0 Å². The number of aromatic nitrogens is 2. The van der Waals surface area contributed by atoms with Crippen LogP contribution in [-0.2, 0) is 0 Å². The summed E-state index contributed by atoms with van der Waals surface area (Å²) < 4.78 is 0. The Hall–Kier alpha value is -1.42. The minimum atomic E-state index is 0.571. The minimum Gasteiger partial charge on any atom is -0.382 e. The Balaban J connectivity index is 2.31. The highest BCUT2D eigenvalue weighted by Gasteiger charge is 2.07. The Morgan fingerprint density at radius 2 is 2.00 bits per heavy atom. The van der Waals surface area contributed by atoms with E-state index in [1.165, 1.54) is 4.90 Å². The van der Waals surface area contributed by atoms with Crippen molar-refractivity contribution in [2.24, 2.45) is 0 Å². The summed E-state index contributed by atoms with van der Waals surface area (Å²) in [5.41, 5.74) is 8.85. The van der Waals surface area contributed by atoms with Gasteiger partial charge in [0.2, 0.25) is 0 Å². The fourth-order valence-electron chi connectivity index (χ4n) is 1.58. The monoisotopic (exact) mass is 233 g/mol. The molecule has 0 amide bonds. The van der Waals surface area contributed by atoms with Gasteiger partial charge in [0.05, 0.1) is 5.69 Å². The third kappa shape index (κ3) is 2.07. The molecular weight excluding hydrogens is 218 g/mol. The predicted octanol–water partition coefficient (Wildman–Crippen LogP) is 3.08. The van der Waals surface area contributed by atoms with E-state index in [4.69, 9.17) is 5.73 Å². The minimum absolute atomic E-state index is 0.571.